The van der Waals surface area contributed by atoms with Crippen molar-refractivity contribution in [3.63, 3.8) is 0 Å². The van der Waals surface area contributed by atoms with Crippen LogP contribution >= 0.6 is 0 Å². The van der Waals surface area contributed by atoms with Crippen LogP contribution in [0.2, 0.25) is 0 Å². The fraction of sp³-hybridized carbons (Fsp3) is 0. The maximum Gasteiger partial charge on any atom is 0.127 e. The molecule has 8 rings (SSSR count). The molecule has 0 saturated carbocycles. The zero-order valence-electron chi connectivity index (χ0n) is 21.2. The van der Waals surface area contributed by atoms with Gasteiger partial charge in [0.2, 0.25) is 0 Å². The molecule has 0 fully saturated rings. The maximum absolute atomic E-state index is 6.25. The summed E-state index contributed by atoms with van der Waals surface area (Å²) in [7, 11) is 0. The molecule has 2 aromatic heterocycles. The number of ether oxygens (including phenoxy) is 1. The monoisotopic (exact) mass is 500 g/mol. The Morgan fingerprint density at radius 3 is 0.897 bits per heavy atom. The molecule has 184 valence electrons. The standard InChI is InChI=1S/C36H24N2O/c1-5-13-33-29(9-1)30-10-2-6-14-34(30)37(33)25-17-21-27(22-18-25)39-28-23-19-26(20-24-28)38-35-15-7-3-11-31(35)32-12-4-8-16-36(32)38/h1-24H. The Kier molecular flexibility index (Phi) is 4.82. The second-order valence-electron chi connectivity index (χ2n) is 9.83. The van der Waals surface area contributed by atoms with E-state index in [-0.39, 0.29) is 0 Å². The van der Waals surface area contributed by atoms with E-state index in [4.69, 9.17) is 4.74 Å². The smallest absolute Gasteiger partial charge is 0.127 e. The molecule has 0 saturated heterocycles. The predicted molar refractivity (Wildman–Crippen MR) is 162 cm³/mol. The van der Waals surface area contributed by atoms with Crippen LogP contribution in [0.4, 0.5) is 0 Å². The van der Waals surface area contributed by atoms with Crippen LogP contribution < -0.4 is 4.74 Å². The fourth-order valence-corrected chi connectivity index (χ4v) is 5.86. The Labute approximate surface area is 225 Å². The van der Waals surface area contributed by atoms with Gasteiger partial charge in [-0.15, -0.1) is 0 Å². The Morgan fingerprint density at radius 1 is 0.308 bits per heavy atom. The lowest BCUT2D eigenvalue weighted by Gasteiger charge is -2.11. The minimum atomic E-state index is 0.809. The van der Waals surface area contributed by atoms with Gasteiger partial charge >= 0.3 is 0 Å². The van der Waals surface area contributed by atoms with E-state index in [9.17, 15) is 0 Å². The molecule has 39 heavy (non-hydrogen) atoms. The normalized spacial score (nSPS) is 11.6. The van der Waals surface area contributed by atoms with Gasteiger partial charge in [-0.05, 0) is 72.8 Å². The molecule has 0 spiro atoms. The molecule has 0 amide bonds. The van der Waals surface area contributed by atoms with Gasteiger partial charge < -0.3 is 13.9 Å². The van der Waals surface area contributed by atoms with E-state index < -0.39 is 0 Å². The van der Waals surface area contributed by atoms with Crippen molar-refractivity contribution in [3.05, 3.63) is 146 Å². The number of rotatable bonds is 4. The molecule has 0 unspecified atom stereocenters. The highest BCUT2D eigenvalue weighted by molar-refractivity contribution is 6.10. The molecule has 0 aliphatic carbocycles. The second kappa shape index (κ2) is 8.64. The van der Waals surface area contributed by atoms with Crippen molar-refractivity contribution in [1.29, 1.82) is 0 Å². The van der Waals surface area contributed by atoms with Crippen LogP contribution in [0.5, 0.6) is 11.5 Å². The summed E-state index contributed by atoms with van der Waals surface area (Å²) in [5.41, 5.74) is 7.03. The number of aromatic nitrogens is 2. The lowest BCUT2D eigenvalue weighted by Crippen LogP contribution is -1.95. The molecule has 0 bridgehead atoms. The molecule has 0 radical (unpaired) electrons. The minimum Gasteiger partial charge on any atom is -0.457 e. The zero-order chi connectivity index (χ0) is 25.8. The van der Waals surface area contributed by atoms with E-state index in [2.05, 4.69) is 130 Å². The molecular formula is C36H24N2O. The van der Waals surface area contributed by atoms with Crippen molar-refractivity contribution < 1.29 is 4.74 Å². The number of nitrogens with zero attached hydrogens (tertiary/aromatic N) is 2. The van der Waals surface area contributed by atoms with E-state index in [0.717, 1.165) is 22.9 Å². The van der Waals surface area contributed by atoms with Gasteiger partial charge in [-0.1, -0.05) is 72.8 Å². The third-order valence-electron chi connectivity index (χ3n) is 7.59. The number of para-hydroxylation sites is 4. The summed E-state index contributed by atoms with van der Waals surface area (Å²) in [6.07, 6.45) is 0. The predicted octanol–water partition coefficient (Wildman–Crippen LogP) is 9.67. The number of hydrogen-bond donors (Lipinski definition) is 0. The second-order valence-corrected chi connectivity index (χ2v) is 9.83. The summed E-state index contributed by atoms with van der Waals surface area (Å²) >= 11 is 0. The van der Waals surface area contributed by atoms with Crippen LogP contribution in [0.15, 0.2) is 146 Å². The number of fused-ring (bicyclic) bond motifs is 6. The molecule has 6 aromatic carbocycles. The highest BCUT2D eigenvalue weighted by Crippen LogP contribution is 2.34. The van der Waals surface area contributed by atoms with Crippen molar-refractivity contribution in [2.75, 3.05) is 0 Å². The molecule has 2 heterocycles. The lowest BCUT2D eigenvalue weighted by molar-refractivity contribution is 0.482. The average Bonchev–Trinajstić information content (AvgIpc) is 3.51. The van der Waals surface area contributed by atoms with Crippen molar-refractivity contribution in [2.45, 2.75) is 0 Å². The van der Waals surface area contributed by atoms with E-state index in [0.29, 0.717) is 0 Å². The quantitative estimate of drug-likeness (QED) is 0.235. The van der Waals surface area contributed by atoms with Gasteiger partial charge in [0.05, 0.1) is 22.1 Å². The summed E-state index contributed by atoms with van der Waals surface area (Å²) in [6.45, 7) is 0. The van der Waals surface area contributed by atoms with Gasteiger partial charge in [-0.3, -0.25) is 0 Å². The van der Waals surface area contributed by atoms with Gasteiger partial charge in [-0.2, -0.15) is 0 Å². The summed E-state index contributed by atoms with van der Waals surface area (Å²) < 4.78 is 10.9. The Bertz CT molecular complexity index is 1870. The number of benzene rings is 6. The van der Waals surface area contributed by atoms with Gasteiger partial charge in [0.25, 0.3) is 0 Å². The first kappa shape index (κ1) is 21.8. The molecule has 3 nitrogen and oxygen atoms in total. The minimum absolute atomic E-state index is 0.809. The Morgan fingerprint density at radius 2 is 0.590 bits per heavy atom. The first-order valence-corrected chi connectivity index (χ1v) is 13.2. The van der Waals surface area contributed by atoms with E-state index in [1.165, 1.54) is 43.6 Å². The number of hydrogen-bond acceptors (Lipinski definition) is 1. The SMILES string of the molecule is c1ccc2c(c1)c1ccccc1n2-c1ccc(Oc2ccc(-n3c4ccccc4c4ccccc43)cc2)cc1. The Hall–Kier alpha value is -5.28. The molecular weight excluding hydrogens is 476 g/mol. The van der Waals surface area contributed by atoms with Crippen LogP contribution in [0.25, 0.3) is 55.0 Å². The van der Waals surface area contributed by atoms with Gasteiger partial charge in [-0.25, -0.2) is 0 Å². The van der Waals surface area contributed by atoms with Crippen LogP contribution in [0, 0.1) is 0 Å². The first-order valence-electron chi connectivity index (χ1n) is 13.2. The van der Waals surface area contributed by atoms with Crippen LogP contribution in [0.1, 0.15) is 0 Å². The van der Waals surface area contributed by atoms with Gasteiger partial charge in [0, 0.05) is 32.9 Å². The molecule has 0 aliphatic rings. The van der Waals surface area contributed by atoms with Crippen LogP contribution in [-0.2, 0) is 0 Å². The van der Waals surface area contributed by atoms with Crippen LogP contribution in [-0.4, -0.2) is 9.13 Å². The molecule has 0 N–H and O–H groups in total. The van der Waals surface area contributed by atoms with E-state index in [1.807, 2.05) is 24.3 Å². The van der Waals surface area contributed by atoms with Crippen molar-refractivity contribution in [1.82, 2.24) is 9.13 Å². The molecule has 0 aliphatic heterocycles. The Balaban J connectivity index is 1.12. The summed E-state index contributed by atoms with van der Waals surface area (Å²) in [5, 5.41) is 5.04. The topological polar surface area (TPSA) is 19.1 Å². The maximum atomic E-state index is 6.25. The molecule has 8 aromatic rings. The van der Waals surface area contributed by atoms with Crippen molar-refractivity contribution >= 4 is 43.6 Å². The van der Waals surface area contributed by atoms with E-state index >= 15 is 0 Å². The highest BCUT2D eigenvalue weighted by Gasteiger charge is 2.13. The average molecular weight is 501 g/mol. The van der Waals surface area contributed by atoms with E-state index in [1.54, 1.807) is 0 Å². The lowest BCUT2D eigenvalue weighted by atomic mass is 10.2. The summed E-state index contributed by atoms with van der Waals surface area (Å²) in [5.74, 6) is 1.62. The summed E-state index contributed by atoms with van der Waals surface area (Å²) in [6, 6.07) is 50.9. The van der Waals surface area contributed by atoms with Gasteiger partial charge in [0.1, 0.15) is 11.5 Å². The molecule has 3 heteroatoms. The first-order chi connectivity index (χ1) is 19.3. The zero-order valence-corrected chi connectivity index (χ0v) is 21.2. The van der Waals surface area contributed by atoms with Gasteiger partial charge in [0.15, 0.2) is 0 Å². The highest BCUT2D eigenvalue weighted by atomic mass is 16.5. The largest absolute Gasteiger partial charge is 0.457 e. The van der Waals surface area contributed by atoms with Crippen molar-refractivity contribution in [2.24, 2.45) is 0 Å². The van der Waals surface area contributed by atoms with Crippen molar-refractivity contribution in [3.8, 4) is 22.9 Å². The third-order valence-corrected chi connectivity index (χ3v) is 7.59. The summed E-state index contributed by atoms with van der Waals surface area (Å²) in [4.78, 5) is 0. The third kappa shape index (κ3) is 3.44. The molecule has 0 atom stereocenters. The fourth-order valence-electron chi connectivity index (χ4n) is 5.86. The van der Waals surface area contributed by atoms with Crippen LogP contribution in [0.3, 0.4) is 0 Å².